The number of aromatic nitrogens is 2. The summed E-state index contributed by atoms with van der Waals surface area (Å²) in [6, 6.07) is 9.70. The van der Waals surface area contributed by atoms with Crippen LogP contribution in [0.4, 0.5) is 10.8 Å². The molecule has 0 atom stereocenters. The zero-order valence-corrected chi connectivity index (χ0v) is 12.4. The fourth-order valence-electron chi connectivity index (χ4n) is 1.84. The Kier molecular flexibility index (Phi) is 3.67. The van der Waals surface area contributed by atoms with Crippen LogP contribution in [-0.4, -0.2) is 9.97 Å². The Morgan fingerprint density at radius 3 is 2.90 bits per heavy atom. The van der Waals surface area contributed by atoms with Crippen molar-refractivity contribution in [1.29, 1.82) is 0 Å². The molecule has 0 amide bonds. The van der Waals surface area contributed by atoms with Crippen LogP contribution in [0.5, 0.6) is 0 Å². The first kappa shape index (κ1) is 13.1. The Hall–Kier alpha value is -1.91. The molecule has 0 bridgehead atoms. The highest BCUT2D eigenvalue weighted by Gasteiger charge is 2.07. The van der Waals surface area contributed by atoms with Crippen LogP contribution in [-0.2, 0) is 0 Å². The smallest absolute Gasteiger partial charge is 0.187 e. The van der Waals surface area contributed by atoms with E-state index in [2.05, 4.69) is 15.3 Å². The third-order valence-electron chi connectivity index (χ3n) is 2.97. The van der Waals surface area contributed by atoms with Gasteiger partial charge in [0.15, 0.2) is 5.13 Å². The fraction of sp³-hybridized carbons (Fsp3) is 0.0667. The highest BCUT2D eigenvalue weighted by Crippen LogP contribution is 2.30. The number of nitrogens with zero attached hydrogens (tertiary/aromatic N) is 2. The molecule has 0 aliphatic rings. The van der Waals surface area contributed by atoms with Crippen molar-refractivity contribution in [2.45, 2.75) is 6.92 Å². The van der Waals surface area contributed by atoms with E-state index in [1.54, 1.807) is 17.5 Å². The molecule has 2 aromatic heterocycles. The normalized spacial score (nSPS) is 10.5. The number of anilines is 2. The minimum Gasteiger partial charge on any atom is -0.331 e. The SMILES string of the molecule is Cc1c(Cl)cccc1Nc1nc(-c2cccnc2)cs1. The number of thiazole rings is 1. The molecule has 0 fully saturated rings. The first-order valence-corrected chi connectivity index (χ1v) is 7.38. The first-order chi connectivity index (χ1) is 9.74. The maximum Gasteiger partial charge on any atom is 0.187 e. The van der Waals surface area contributed by atoms with Gasteiger partial charge in [0.2, 0.25) is 0 Å². The molecular weight excluding hydrogens is 290 g/mol. The lowest BCUT2D eigenvalue weighted by Crippen LogP contribution is -1.93. The second-order valence-corrected chi connectivity index (χ2v) is 5.58. The van der Waals surface area contributed by atoms with Crippen molar-refractivity contribution in [1.82, 2.24) is 9.97 Å². The van der Waals surface area contributed by atoms with Crippen LogP contribution < -0.4 is 5.32 Å². The molecule has 3 aromatic rings. The van der Waals surface area contributed by atoms with Gasteiger partial charge >= 0.3 is 0 Å². The summed E-state index contributed by atoms with van der Waals surface area (Å²) in [5.41, 5.74) is 3.93. The Bertz CT molecular complexity index is 725. The molecule has 100 valence electrons. The predicted molar refractivity (Wildman–Crippen MR) is 84.8 cm³/mol. The number of benzene rings is 1. The highest BCUT2D eigenvalue weighted by molar-refractivity contribution is 7.14. The monoisotopic (exact) mass is 301 g/mol. The van der Waals surface area contributed by atoms with Crippen molar-refractivity contribution < 1.29 is 0 Å². The van der Waals surface area contributed by atoms with Gasteiger partial charge in [-0.25, -0.2) is 4.98 Å². The van der Waals surface area contributed by atoms with E-state index in [1.165, 1.54) is 0 Å². The number of halogens is 1. The van der Waals surface area contributed by atoms with Crippen LogP contribution in [0.15, 0.2) is 48.1 Å². The molecule has 3 rings (SSSR count). The van der Waals surface area contributed by atoms with Crippen molar-refractivity contribution in [2.24, 2.45) is 0 Å². The molecule has 0 aliphatic carbocycles. The van der Waals surface area contributed by atoms with Gasteiger partial charge in [-0.1, -0.05) is 17.7 Å². The molecular formula is C15H12ClN3S. The minimum atomic E-state index is 0.749. The lowest BCUT2D eigenvalue weighted by atomic mass is 10.2. The number of pyridine rings is 1. The van der Waals surface area contributed by atoms with Crippen molar-refractivity contribution >= 4 is 33.8 Å². The van der Waals surface area contributed by atoms with E-state index in [-0.39, 0.29) is 0 Å². The Morgan fingerprint density at radius 1 is 1.20 bits per heavy atom. The van der Waals surface area contributed by atoms with Gasteiger partial charge in [0.1, 0.15) is 0 Å². The van der Waals surface area contributed by atoms with E-state index in [0.29, 0.717) is 0 Å². The maximum atomic E-state index is 6.12. The van der Waals surface area contributed by atoms with Crippen LogP contribution in [0.2, 0.25) is 5.02 Å². The quantitative estimate of drug-likeness (QED) is 0.747. The Labute approximate surface area is 126 Å². The molecule has 0 spiro atoms. The van der Waals surface area contributed by atoms with E-state index in [0.717, 1.165) is 32.7 Å². The summed E-state index contributed by atoms with van der Waals surface area (Å²) in [6.45, 7) is 1.99. The lowest BCUT2D eigenvalue weighted by Gasteiger charge is -2.07. The molecule has 0 radical (unpaired) electrons. The van der Waals surface area contributed by atoms with Gasteiger partial charge in [0.25, 0.3) is 0 Å². The van der Waals surface area contributed by atoms with Gasteiger partial charge in [-0.05, 0) is 36.8 Å². The van der Waals surface area contributed by atoms with E-state index >= 15 is 0 Å². The van der Waals surface area contributed by atoms with Crippen LogP contribution in [0.3, 0.4) is 0 Å². The third-order valence-corrected chi connectivity index (χ3v) is 4.14. The zero-order chi connectivity index (χ0) is 13.9. The Morgan fingerprint density at radius 2 is 2.10 bits per heavy atom. The average Bonchev–Trinajstić information content (AvgIpc) is 2.93. The second-order valence-electron chi connectivity index (χ2n) is 4.32. The molecule has 5 heteroatoms. The number of hydrogen-bond donors (Lipinski definition) is 1. The summed E-state index contributed by atoms with van der Waals surface area (Å²) in [7, 11) is 0. The van der Waals surface area contributed by atoms with Gasteiger partial charge in [-0.2, -0.15) is 0 Å². The third kappa shape index (κ3) is 2.66. The topological polar surface area (TPSA) is 37.8 Å². The molecule has 0 aliphatic heterocycles. The standard InChI is InChI=1S/C15H12ClN3S/c1-10-12(16)5-2-6-13(10)18-15-19-14(9-20-15)11-4-3-7-17-8-11/h2-9H,1H3,(H,18,19). The summed E-state index contributed by atoms with van der Waals surface area (Å²) < 4.78 is 0. The number of rotatable bonds is 3. The number of hydrogen-bond acceptors (Lipinski definition) is 4. The number of nitrogens with one attached hydrogen (secondary N) is 1. The molecule has 0 unspecified atom stereocenters. The largest absolute Gasteiger partial charge is 0.331 e. The van der Waals surface area contributed by atoms with Crippen LogP contribution in [0.1, 0.15) is 5.56 Å². The Balaban J connectivity index is 1.86. The molecule has 1 N–H and O–H groups in total. The molecule has 3 nitrogen and oxygen atoms in total. The summed E-state index contributed by atoms with van der Waals surface area (Å²) in [6.07, 6.45) is 3.56. The van der Waals surface area contributed by atoms with Crippen LogP contribution in [0.25, 0.3) is 11.3 Å². The lowest BCUT2D eigenvalue weighted by molar-refractivity contribution is 1.30. The minimum absolute atomic E-state index is 0.749. The van der Waals surface area contributed by atoms with Crippen molar-refractivity contribution in [3.8, 4) is 11.3 Å². The summed E-state index contributed by atoms with van der Waals surface area (Å²) in [4.78, 5) is 8.68. The summed E-state index contributed by atoms with van der Waals surface area (Å²) in [5, 5.41) is 6.91. The molecule has 0 saturated carbocycles. The van der Waals surface area contributed by atoms with E-state index in [4.69, 9.17) is 11.6 Å². The van der Waals surface area contributed by atoms with E-state index < -0.39 is 0 Å². The summed E-state index contributed by atoms with van der Waals surface area (Å²) >= 11 is 7.68. The van der Waals surface area contributed by atoms with Crippen LogP contribution >= 0.6 is 22.9 Å². The van der Waals surface area contributed by atoms with Crippen molar-refractivity contribution in [3.05, 3.63) is 58.7 Å². The molecule has 0 saturated heterocycles. The first-order valence-electron chi connectivity index (χ1n) is 6.12. The van der Waals surface area contributed by atoms with Gasteiger partial charge < -0.3 is 5.32 Å². The van der Waals surface area contributed by atoms with Crippen molar-refractivity contribution in [2.75, 3.05) is 5.32 Å². The van der Waals surface area contributed by atoms with Gasteiger partial charge in [-0.3, -0.25) is 4.98 Å². The summed E-state index contributed by atoms with van der Waals surface area (Å²) in [5.74, 6) is 0. The van der Waals surface area contributed by atoms with E-state index in [9.17, 15) is 0 Å². The van der Waals surface area contributed by atoms with Gasteiger partial charge in [0, 0.05) is 34.0 Å². The van der Waals surface area contributed by atoms with Gasteiger partial charge in [-0.15, -0.1) is 11.3 Å². The molecule has 1 aromatic carbocycles. The second kappa shape index (κ2) is 5.61. The fourth-order valence-corrected chi connectivity index (χ4v) is 2.74. The predicted octanol–water partition coefficient (Wildman–Crippen LogP) is 4.91. The highest BCUT2D eigenvalue weighted by atomic mass is 35.5. The average molecular weight is 302 g/mol. The zero-order valence-electron chi connectivity index (χ0n) is 10.8. The molecule has 20 heavy (non-hydrogen) atoms. The van der Waals surface area contributed by atoms with Gasteiger partial charge in [0.05, 0.1) is 5.69 Å². The van der Waals surface area contributed by atoms with Crippen LogP contribution in [0, 0.1) is 6.92 Å². The van der Waals surface area contributed by atoms with E-state index in [1.807, 2.05) is 48.8 Å². The molecule has 2 heterocycles. The van der Waals surface area contributed by atoms with Crippen molar-refractivity contribution in [3.63, 3.8) is 0 Å². The maximum absolute atomic E-state index is 6.12.